The van der Waals surface area contributed by atoms with Crippen LogP contribution in [0.5, 0.6) is 0 Å². The van der Waals surface area contributed by atoms with Crippen molar-refractivity contribution in [3.05, 3.63) is 22.4 Å². The van der Waals surface area contributed by atoms with Crippen molar-refractivity contribution in [3.63, 3.8) is 0 Å². The molecule has 2 saturated heterocycles. The molecule has 1 aromatic heterocycles. The average molecular weight is 307 g/mol. The normalized spacial score (nSPS) is 26.1. The summed E-state index contributed by atoms with van der Waals surface area (Å²) in [5.41, 5.74) is 0. The third-order valence-corrected chi connectivity index (χ3v) is 5.31. The van der Waals surface area contributed by atoms with E-state index in [0.717, 1.165) is 17.8 Å². The first-order valence-corrected chi connectivity index (χ1v) is 8.40. The lowest BCUT2D eigenvalue weighted by Crippen LogP contribution is -2.52. The molecule has 21 heavy (non-hydrogen) atoms. The molecule has 5 nitrogen and oxygen atoms in total. The molecule has 0 aromatic carbocycles. The summed E-state index contributed by atoms with van der Waals surface area (Å²) in [4.78, 5) is 29.3. The Morgan fingerprint density at radius 2 is 1.95 bits per heavy atom. The summed E-state index contributed by atoms with van der Waals surface area (Å²) in [5.74, 6) is 0.438. The molecule has 0 spiro atoms. The van der Waals surface area contributed by atoms with Crippen molar-refractivity contribution in [2.75, 3.05) is 32.7 Å². The average Bonchev–Trinajstić information content (AvgIpc) is 3.17. The van der Waals surface area contributed by atoms with Gasteiger partial charge in [-0.15, -0.1) is 11.3 Å². The summed E-state index contributed by atoms with van der Waals surface area (Å²) in [6, 6.07) is 4.02. The van der Waals surface area contributed by atoms with Crippen molar-refractivity contribution in [1.82, 2.24) is 15.1 Å². The van der Waals surface area contributed by atoms with Crippen LogP contribution in [0.25, 0.3) is 0 Å². The molecule has 2 fully saturated rings. The molecule has 0 saturated carbocycles. The number of nitrogens with zero attached hydrogens (tertiary/aromatic N) is 2. The third-order valence-electron chi connectivity index (χ3n) is 4.45. The lowest BCUT2D eigenvalue weighted by molar-refractivity contribution is -0.137. The fraction of sp³-hybridized carbons (Fsp3) is 0.600. The predicted molar refractivity (Wildman–Crippen MR) is 82.4 cm³/mol. The van der Waals surface area contributed by atoms with Gasteiger partial charge in [-0.1, -0.05) is 6.07 Å². The van der Waals surface area contributed by atoms with E-state index in [1.54, 1.807) is 0 Å². The predicted octanol–water partition coefficient (Wildman–Crippen LogP) is 1.03. The maximum Gasteiger partial charge on any atom is 0.264 e. The van der Waals surface area contributed by atoms with Crippen LogP contribution in [0.1, 0.15) is 23.0 Å². The van der Waals surface area contributed by atoms with Crippen LogP contribution < -0.4 is 5.32 Å². The molecule has 3 rings (SSSR count). The summed E-state index contributed by atoms with van der Waals surface area (Å²) in [5, 5.41) is 5.24. The Labute approximate surface area is 128 Å². The van der Waals surface area contributed by atoms with E-state index in [1.807, 2.05) is 27.3 Å². The fourth-order valence-electron chi connectivity index (χ4n) is 3.12. The highest BCUT2D eigenvalue weighted by atomic mass is 32.1. The van der Waals surface area contributed by atoms with E-state index >= 15 is 0 Å². The first kappa shape index (κ1) is 14.5. The van der Waals surface area contributed by atoms with E-state index in [9.17, 15) is 9.59 Å². The zero-order chi connectivity index (χ0) is 14.8. The van der Waals surface area contributed by atoms with Gasteiger partial charge in [0.15, 0.2) is 0 Å². The third kappa shape index (κ3) is 2.96. The number of nitrogens with one attached hydrogen (secondary N) is 1. The molecule has 2 atom stereocenters. The van der Waals surface area contributed by atoms with Gasteiger partial charge in [0.2, 0.25) is 5.91 Å². The SMILES string of the molecule is CC1NCCC1C(=O)N1CCN(C(=O)c2cccs2)CC1. The number of hydrogen-bond acceptors (Lipinski definition) is 4. The largest absolute Gasteiger partial charge is 0.339 e. The van der Waals surface area contributed by atoms with Crippen molar-refractivity contribution in [2.45, 2.75) is 19.4 Å². The van der Waals surface area contributed by atoms with E-state index < -0.39 is 0 Å². The van der Waals surface area contributed by atoms with Crippen molar-refractivity contribution in [3.8, 4) is 0 Å². The highest BCUT2D eigenvalue weighted by Gasteiger charge is 2.34. The molecule has 1 N–H and O–H groups in total. The minimum atomic E-state index is 0.0907. The molecule has 114 valence electrons. The highest BCUT2D eigenvalue weighted by molar-refractivity contribution is 7.12. The van der Waals surface area contributed by atoms with Crippen molar-refractivity contribution >= 4 is 23.2 Å². The van der Waals surface area contributed by atoms with Gasteiger partial charge in [-0.2, -0.15) is 0 Å². The Morgan fingerprint density at radius 1 is 1.24 bits per heavy atom. The van der Waals surface area contributed by atoms with Gasteiger partial charge in [-0.25, -0.2) is 0 Å². The Bertz CT molecular complexity index is 509. The van der Waals surface area contributed by atoms with E-state index in [1.165, 1.54) is 11.3 Å². The summed E-state index contributed by atoms with van der Waals surface area (Å²) in [6.07, 6.45) is 0.925. The Morgan fingerprint density at radius 3 is 2.52 bits per heavy atom. The summed E-state index contributed by atoms with van der Waals surface area (Å²) < 4.78 is 0. The van der Waals surface area contributed by atoms with Crippen molar-refractivity contribution in [2.24, 2.45) is 5.92 Å². The van der Waals surface area contributed by atoms with Gasteiger partial charge < -0.3 is 15.1 Å². The van der Waals surface area contributed by atoms with Gasteiger partial charge >= 0.3 is 0 Å². The molecule has 2 aliphatic heterocycles. The minimum Gasteiger partial charge on any atom is -0.339 e. The lowest BCUT2D eigenvalue weighted by atomic mass is 10.00. The lowest BCUT2D eigenvalue weighted by Gasteiger charge is -2.36. The van der Waals surface area contributed by atoms with E-state index in [-0.39, 0.29) is 23.8 Å². The Kier molecular flexibility index (Phi) is 4.26. The number of hydrogen-bond donors (Lipinski definition) is 1. The van der Waals surface area contributed by atoms with Crippen LogP contribution in [-0.4, -0.2) is 60.4 Å². The second-order valence-electron chi connectivity index (χ2n) is 5.73. The van der Waals surface area contributed by atoms with Gasteiger partial charge in [0, 0.05) is 32.2 Å². The van der Waals surface area contributed by atoms with Gasteiger partial charge in [-0.05, 0) is 31.3 Å². The first-order valence-electron chi connectivity index (χ1n) is 7.52. The molecular weight excluding hydrogens is 286 g/mol. The maximum atomic E-state index is 12.5. The highest BCUT2D eigenvalue weighted by Crippen LogP contribution is 2.20. The molecule has 0 aliphatic carbocycles. The van der Waals surface area contributed by atoms with Crippen LogP contribution in [0, 0.1) is 5.92 Å². The van der Waals surface area contributed by atoms with Gasteiger partial charge in [-0.3, -0.25) is 9.59 Å². The van der Waals surface area contributed by atoms with Crippen LogP contribution in [-0.2, 0) is 4.79 Å². The summed E-state index contributed by atoms with van der Waals surface area (Å²) in [6.45, 7) is 5.58. The standard InChI is InChI=1S/C15H21N3O2S/c1-11-12(4-5-16-11)14(19)17-6-8-18(9-7-17)15(20)13-3-2-10-21-13/h2-3,10-12,16H,4-9H2,1H3. The molecule has 2 amide bonds. The molecule has 1 aromatic rings. The van der Waals surface area contributed by atoms with Crippen LogP contribution in [0.3, 0.4) is 0 Å². The molecular formula is C15H21N3O2S. The minimum absolute atomic E-state index is 0.0907. The van der Waals surface area contributed by atoms with Gasteiger partial charge in [0.05, 0.1) is 10.8 Å². The number of amides is 2. The summed E-state index contributed by atoms with van der Waals surface area (Å²) in [7, 11) is 0. The number of carbonyl (C=O) groups excluding carboxylic acids is 2. The first-order chi connectivity index (χ1) is 10.2. The maximum absolute atomic E-state index is 12.5. The van der Waals surface area contributed by atoms with Crippen LogP contribution >= 0.6 is 11.3 Å². The van der Waals surface area contributed by atoms with E-state index in [2.05, 4.69) is 12.2 Å². The molecule has 3 heterocycles. The molecule has 2 aliphatic rings. The van der Waals surface area contributed by atoms with Crippen LogP contribution in [0.15, 0.2) is 17.5 Å². The fourth-order valence-corrected chi connectivity index (χ4v) is 3.81. The second kappa shape index (κ2) is 6.15. The number of rotatable bonds is 2. The monoisotopic (exact) mass is 307 g/mol. The zero-order valence-corrected chi connectivity index (χ0v) is 13.1. The molecule has 0 radical (unpaired) electrons. The topological polar surface area (TPSA) is 52.7 Å². The smallest absolute Gasteiger partial charge is 0.264 e. The van der Waals surface area contributed by atoms with Gasteiger partial charge in [0.1, 0.15) is 0 Å². The molecule has 2 unspecified atom stereocenters. The zero-order valence-electron chi connectivity index (χ0n) is 12.2. The number of thiophene rings is 1. The van der Waals surface area contributed by atoms with Crippen molar-refractivity contribution in [1.29, 1.82) is 0 Å². The number of carbonyl (C=O) groups is 2. The summed E-state index contributed by atoms with van der Waals surface area (Å²) >= 11 is 1.47. The quantitative estimate of drug-likeness (QED) is 0.888. The van der Waals surface area contributed by atoms with E-state index in [4.69, 9.17) is 0 Å². The number of piperazine rings is 1. The Hall–Kier alpha value is -1.40. The van der Waals surface area contributed by atoms with Gasteiger partial charge in [0.25, 0.3) is 5.91 Å². The van der Waals surface area contributed by atoms with Crippen molar-refractivity contribution < 1.29 is 9.59 Å². The van der Waals surface area contributed by atoms with Crippen LogP contribution in [0.2, 0.25) is 0 Å². The molecule has 0 bridgehead atoms. The van der Waals surface area contributed by atoms with Crippen LogP contribution in [0.4, 0.5) is 0 Å². The second-order valence-corrected chi connectivity index (χ2v) is 6.68. The molecule has 6 heteroatoms. The van der Waals surface area contributed by atoms with E-state index in [0.29, 0.717) is 26.2 Å². The Balaban J connectivity index is 1.55.